The summed E-state index contributed by atoms with van der Waals surface area (Å²) < 4.78 is 7.07. The van der Waals surface area contributed by atoms with Gasteiger partial charge in [0.15, 0.2) is 0 Å². The fourth-order valence-electron chi connectivity index (χ4n) is 2.86. The summed E-state index contributed by atoms with van der Waals surface area (Å²) in [6.45, 7) is 1.93. The molecule has 126 valence electrons. The zero-order valence-electron chi connectivity index (χ0n) is 13.3. The first-order valence-corrected chi connectivity index (χ1v) is 9.20. The highest BCUT2D eigenvalue weighted by Gasteiger charge is 2.26. The maximum atomic E-state index is 12.7. The van der Waals surface area contributed by atoms with Gasteiger partial charge >= 0.3 is 0 Å². The first kappa shape index (κ1) is 17.5. The lowest BCUT2D eigenvalue weighted by Gasteiger charge is -2.33. The minimum Gasteiger partial charge on any atom is -0.372 e. The fourth-order valence-corrected chi connectivity index (χ4v) is 3.34. The second-order valence-corrected chi connectivity index (χ2v) is 7.26. The molecule has 1 aliphatic rings. The third kappa shape index (κ3) is 4.38. The predicted octanol–water partition coefficient (Wildman–Crippen LogP) is 4.92. The van der Waals surface area contributed by atoms with Crippen LogP contribution in [0.15, 0.2) is 53.0 Å². The minimum absolute atomic E-state index is 0.0162. The zero-order chi connectivity index (χ0) is 16.9. The van der Waals surface area contributed by atoms with E-state index in [9.17, 15) is 4.79 Å². The lowest BCUT2D eigenvalue weighted by atomic mass is 10.1. The molecule has 0 radical (unpaired) electrons. The van der Waals surface area contributed by atoms with Crippen LogP contribution in [-0.4, -0.2) is 30.0 Å². The maximum absolute atomic E-state index is 12.7. The Kier molecular flexibility index (Phi) is 5.93. The van der Waals surface area contributed by atoms with E-state index in [1.807, 2.05) is 41.3 Å². The van der Waals surface area contributed by atoms with Crippen molar-refractivity contribution in [2.24, 2.45) is 0 Å². The molecule has 1 heterocycles. The quantitative estimate of drug-likeness (QED) is 0.718. The van der Waals surface area contributed by atoms with Crippen LogP contribution in [0.5, 0.6) is 0 Å². The minimum atomic E-state index is -0.0162. The number of carbonyl (C=O) groups is 1. The molecule has 1 fully saturated rings. The van der Waals surface area contributed by atoms with E-state index in [1.165, 1.54) is 0 Å². The van der Waals surface area contributed by atoms with Crippen LogP contribution in [0.1, 0.15) is 28.8 Å². The molecule has 3 nitrogen and oxygen atoms in total. The van der Waals surface area contributed by atoms with Gasteiger partial charge in [-0.3, -0.25) is 4.79 Å². The van der Waals surface area contributed by atoms with Crippen LogP contribution < -0.4 is 0 Å². The highest BCUT2D eigenvalue weighted by atomic mass is 79.9. The summed E-state index contributed by atoms with van der Waals surface area (Å²) in [6, 6.07) is 15.3. The van der Waals surface area contributed by atoms with Crippen molar-refractivity contribution in [1.29, 1.82) is 0 Å². The van der Waals surface area contributed by atoms with Gasteiger partial charge in [0, 0.05) is 17.6 Å². The van der Waals surface area contributed by atoms with Gasteiger partial charge in [-0.05, 0) is 42.7 Å². The Morgan fingerprint density at radius 1 is 1.21 bits per heavy atom. The number of benzene rings is 2. The lowest BCUT2D eigenvalue weighted by Crippen LogP contribution is -2.43. The molecular weight excluding hydrogens is 390 g/mol. The van der Waals surface area contributed by atoms with Crippen molar-refractivity contribution in [3.63, 3.8) is 0 Å². The number of piperidine rings is 1. The maximum Gasteiger partial charge on any atom is 0.255 e. The van der Waals surface area contributed by atoms with Crippen LogP contribution in [-0.2, 0) is 11.3 Å². The summed E-state index contributed by atoms with van der Waals surface area (Å²) in [7, 11) is 0. The molecule has 5 heteroatoms. The molecule has 0 bridgehead atoms. The topological polar surface area (TPSA) is 29.5 Å². The van der Waals surface area contributed by atoms with Gasteiger partial charge < -0.3 is 9.64 Å². The van der Waals surface area contributed by atoms with Crippen LogP contribution in [0.4, 0.5) is 0 Å². The van der Waals surface area contributed by atoms with Gasteiger partial charge in [0.2, 0.25) is 0 Å². The molecule has 0 saturated carbocycles. The van der Waals surface area contributed by atoms with E-state index in [1.54, 1.807) is 12.1 Å². The summed E-state index contributed by atoms with van der Waals surface area (Å²) in [5.74, 6) is -0.0162. The van der Waals surface area contributed by atoms with Crippen molar-refractivity contribution in [3.8, 4) is 0 Å². The van der Waals surface area contributed by atoms with Crippen molar-refractivity contribution >= 4 is 33.4 Å². The molecule has 1 amide bonds. The van der Waals surface area contributed by atoms with Gasteiger partial charge in [0.1, 0.15) is 0 Å². The number of rotatable bonds is 4. The van der Waals surface area contributed by atoms with Gasteiger partial charge in [-0.15, -0.1) is 0 Å². The number of likely N-dealkylation sites (tertiary alicyclic amines) is 1. The van der Waals surface area contributed by atoms with E-state index >= 15 is 0 Å². The van der Waals surface area contributed by atoms with E-state index in [0.29, 0.717) is 23.7 Å². The van der Waals surface area contributed by atoms with Crippen LogP contribution in [0.3, 0.4) is 0 Å². The molecule has 0 spiro atoms. The molecule has 1 saturated heterocycles. The number of hydrogen-bond donors (Lipinski definition) is 0. The monoisotopic (exact) mass is 407 g/mol. The first-order chi connectivity index (χ1) is 11.6. The smallest absolute Gasteiger partial charge is 0.255 e. The van der Waals surface area contributed by atoms with Gasteiger partial charge in [0.25, 0.3) is 5.91 Å². The molecule has 0 aliphatic carbocycles. The zero-order valence-corrected chi connectivity index (χ0v) is 15.6. The van der Waals surface area contributed by atoms with E-state index in [4.69, 9.17) is 16.3 Å². The fraction of sp³-hybridized carbons (Fsp3) is 0.316. The predicted molar refractivity (Wildman–Crippen MR) is 99.3 cm³/mol. The highest BCUT2D eigenvalue weighted by Crippen LogP contribution is 2.21. The largest absolute Gasteiger partial charge is 0.372 e. The Hall–Kier alpha value is -1.36. The third-order valence-electron chi connectivity index (χ3n) is 4.17. The van der Waals surface area contributed by atoms with E-state index in [0.717, 1.165) is 29.4 Å². The number of halogens is 2. The van der Waals surface area contributed by atoms with Crippen molar-refractivity contribution in [2.45, 2.75) is 25.6 Å². The molecule has 0 N–H and O–H groups in total. The summed E-state index contributed by atoms with van der Waals surface area (Å²) >= 11 is 9.58. The van der Waals surface area contributed by atoms with Crippen LogP contribution in [0.2, 0.25) is 5.02 Å². The van der Waals surface area contributed by atoms with Gasteiger partial charge in [-0.25, -0.2) is 0 Å². The molecule has 24 heavy (non-hydrogen) atoms. The molecule has 2 aromatic carbocycles. The molecule has 3 rings (SSSR count). The van der Waals surface area contributed by atoms with Gasteiger partial charge in [-0.1, -0.05) is 51.8 Å². The Bertz CT molecular complexity index is 705. The summed E-state index contributed by atoms with van der Waals surface area (Å²) in [5.41, 5.74) is 1.69. The Labute approximate surface area is 155 Å². The van der Waals surface area contributed by atoms with Crippen LogP contribution in [0, 0.1) is 0 Å². The highest BCUT2D eigenvalue weighted by molar-refractivity contribution is 9.10. The molecular formula is C19H19BrClNO2. The van der Waals surface area contributed by atoms with Gasteiger partial charge in [0.05, 0.1) is 23.3 Å². The van der Waals surface area contributed by atoms with Crippen molar-refractivity contribution in [1.82, 2.24) is 4.90 Å². The van der Waals surface area contributed by atoms with Crippen molar-refractivity contribution < 1.29 is 9.53 Å². The molecule has 0 unspecified atom stereocenters. The third-order valence-corrected chi connectivity index (χ3v) is 5.03. The molecule has 1 atom stereocenters. The summed E-state index contributed by atoms with van der Waals surface area (Å²) in [6.07, 6.45) is 1.98. The average molecular weight is 409 g/mol. The van der Waals surface area contributed by atoms with E-state index in [2.05, 4.69) is 15.9 Å². The van der Waals surface area contributed by atoms with Crippen LogP contribution >= 0.6 is 27.5 Å². The second-order valence-electron chi connectivity index (χ2n) is 5.93. The first-order valence-electron chi connectivity index (χ1n) is 8.03. The lowest BCUT2D eigenvalue weighted by molar-refractivity contribution is -0.00672. The Morgan fingerprint density at radius 2 is 1.96 bits per heavy atom. The number of hydrogen-bond acceptors (Lipinski definition) is 2. The SMILES string of the molecule is O=C(c1ccccc1Cl)N1CCC[C@@H](OCc2ccc(Br)cc2)C1. The van der Waals surface area contributed by atoms with E-state index in [-0.39, 0.29) is 12.0 Å². The molecule has 1 aliphatic heterocycles. The van der Waals surface area contributed by atoms with Gasteiger partial charge in [-0.2, -0.15) is 0 Å². The van der Waals surface area contributed by atoms with Crippen molar-refractivity contribution in [3.05, 3.63) is 69.2 Å². The number of ether oxygens (including phenoxy) is 1. The van der Waals surface area contributed by atoms with Crippen LogP contribution in [0.25, 0.3) is 0 Å². The number of nitrogens with zero attached hydrogens (tertiary/aromatic N) is 1. The second kappa shape index (κ2) is 8.15. The Morgan fingerprint density at radius 3 is 2.71 bits per heavy atom. The van der Waals surface area contributed by atoms with E-state index < -0.39 is 0 Å². The summed E-state index contributed by atoms with van der Waals surface area (Å²) in [4.78, 5) is 14.5. The number of carbonyl (C=O) groups excluding carboxylic acids is 1. The normalized spacial score (nSPS) is 17.8. The van der Waals surface area contributed by atoms with Crippen molar-refractivity contribution in [2.75, 3.05) is 13.1 Å². The average Bonchev–Trinajstić information content (AvgIpc) is 2.61. The molecule has 0 aromatic heterocycles. The summed E-state index contributed by atoms with van der Waals surface area (Å²) in [5, 5.41) is 0.500. The number of amides is 1. The molecule has 2 aromatic rings. The Balaban J connectivity index is 1.59. The standard InChI is InChI=1S/C19H19BrClNO2/c20-15-9-7-14(8-10-15)13-24-16-4-3-11-22(12-16)19(23)17-5-1-2-6-18(17)21/h1-2,5-10,16H,3-4,11-13H2/t16-/m1/s1.